The van der Waals surface area contributed by atoms with Gasteiger partial charge in [-0.15, -0.1) is 0 Å². The summed E-state index contributed by atoms with van der Waals surface area (Å²) in [5, 5.41) is 0. The minimum atomic E-state index is -3.81. The maximum absolute atomic E-state index is 12.0. The number of aromatic nitrogens is 1. The highest BCUT2D eigenvalue weighted by molar-refractivity contribution is 14.2. The van der Waals surface area contributed by atoms with Crippen molar-refractivity contribution in [3.05, 3.63) is 17.5 Å². The lowest BCUT2D eigenvalue weighted by atomic mass is 10.1. The molecule has 1 amide bonds. The molecule has 0 fully saturated rings. The van der Waals surface area contributed by atoms with Gasteiger partial charge in [0, 0.05) is 66.4 Å². The molecule has 0 aromatic carbocycles. The molecule has 1 aromatic heterocycles. The van der Waals surface area contributed by atoms with E-state index < -0.39 is 9.05 Å². The van der Waals surface area contributed by atoms with Crippen molar-refractivity contribution in [1.29, 1.82) is 0 Å². The first-order valence-corrected chi connectivity index (χ1v) is 10.2. The predicted molar refractivity (Wildman–Crippen MR) is 75.1 cm³/mol. The predicted octanol–water partition coefficient (Wildman–Crippen LogP) is 1.89. The van der Waals surface area contributed by atoms with E-state index >= 15 is 0 Å². The van der Waals surface area contributed by atoms with Gasteiger partial charge in [-0.1, -0.05) is 0 Å². The van der Waals surface area contributed by atoms with Crippen LogP contribution in [0.2, 0.25) is 0 Å². The Hall–Kier alpha value is 0.0700. The fourth-order valence-electron chi connectivity index (χ4n) is 1.79. The average Bonchev–Trinajstić information content (AvgIpc) is 2.62. The number of nitrogens with zero attached hydrogens (tertiary/aromatic N) is 2. The molecule has 2 heterocycles. The van der Waals surface area contributed by atoms with Crippen LogP contribution in [0.1, 0.15) is 16.1 Å². The first kappa shape index (κ1) is 13.5. The lowest BCUT2D eigenvalue weighted by Gasteiger charge is -2.23. The van der Waals surface area contributed by atoms with Crippen LogP contribution >= 0.6 is 41.0 Å². The van der Waals surface area contributed by atoms with E-state index in [1.165, 1.54) is 15.3 Å². The van der Waals surface area contributed by atoms with Crippen LogP contribution in [-0.2, 0) is 15.5 Å². The molecule has 94 valence electrons. The van der Waals surface area contributed by atoms with E-state index in [-0.39, 0.29) is 10.8 Å². The molecule has 0 atom stereocenters. The number of carbonyl (C=O) groups excluding carboxylic acids is 1. The Bertz CT molecular complexity index is 584. The fraction of sp³-hybridized carbons (Fsp3) is 0.375. The molecule has 0 saturated heterocycles. The van der Waals surface area contributed by atoms with Gasteiger partial charge in [0.25, 0.3) is 15.0 Å². The molecule has 0 saturated carbocycles. The Labute approximate surface area is 120 Å². The van der Waals surface area contributed by atoms with Gasteiger partial charge >= 0.3 is 0 Å². The molecular weight excluding hydrogens is 399 g/mol. The molecule has 0 aliphatic carbocycles. The summed E-state index contributed by atoms with van der Waals surface area (Å²) in [5.41, 5.74) is 0.921. The summed E-state index contributed by atoms with van der Waals surface area (Å²) in [5.74, 6) is -0.179. The quantitative estimate of drug-likeness (QED) is 0.556. The molecule has 0 unspecified atom stereocenters. The van der Waals surface area contributed by atoms with Crippen LogP contribution in [-0.4, -0.2) is 36.8 Å². The molecule has 0 N–H and O–H groups in total. The number of hydrogen-bond acceptors (Lipinski definition) is 4. The first-order chi connectivity index (χ1) is 7.86. The highest BCUT2D eigenvalue weighted by atomic mass is 127. The summed E-state index contributed by atoms with van der Waals surface area (Å²) in [6.45, 7) is 0.501. The normalized spacial score (nSPS) is 16.2. The summed E-state index contributed by atoms with van der Waals surface area (Å²) in [4.78, 5) is 13.6. The van der Waals surface area contributed by atoms with E-state index in [9.17, 15) is 13.2 Å². The molecule has 5 nitrogen and oxygen atoms in total. The number of rotatable bonds is 2. The molecule has 2 rings (SSSR count). The van der Waals surface area contributed by atoms with E-state index in [0.29, 0.717) is 24.2 Å². The Morgan fingerprint density at radius 1 is 1.53 bits per heavy atom. The molecule has 1 aliphatic rings. The van der Waals surface area contributed by atoms with E-state index in [0.717, 1.165) is 0 Å². The summed E-state index contributed by atoms with van der Waals surface area (Å²) < 4.78 is 24.4. The van der Waals surface area contributed by atoms with Crippen LogP contribution in [0.3, 0.4) is 0 Å². The van der Waals surface area contributed by atoms with Crippen LogP contribution in [0.4, 0.5) is 0 Å². The highest BCUT2D eigenvalue weighted by Crippen LogP contribution is 2.33. The van der Waals surface area contributed by atoms with Gasteiger partial charge in [-0.25, -0.2) is 8.42 Å². The number of halogens is 2. The van der Waals surface area contributed by atoms with Crippen molar-refractivity contribution >= 4 is 56.0 Å². The molecule has 1 aromatic rings. The highest BCUT2D eigenvalue weighted by Gasteiger charge is 2.32. The van der Waals surface area contributed by atoms with Crippen molar-refractivity contribution in [2.75, 3.05) is 13.6 Å². The maximum Gasteiger partial charge on any atom is 0.271 e. The standard InChI is InChI=1S/C8H8ClIN2O3S2/c1-11-3-2-5-6(17(9,14)15)4-12(16-10)7(5)8(11)13/h4H,2-3H2,1H3. The van der Waals surface area contributed by atoms with Crippen LogP contribution in [0.15, 0.2) is 11.1 Å². The molecule has 1 aliphatic heterocycles. The van der Waals surface area contributed by atoms with Crippen molar-refractivity contribution in [2.24, 2.45) is 0 Å². The van der Waals surface area contributed by atoms with Crippen molar-refractivity contribution < 1.29 is 13.2 Å². The number of amides is 1. The van der Waals surface area contributed by atoms with E-state index in [1.807, 2.05) is 21.2 Å². The van der Waals surface area contributed by atoms with Gasteiger partial charge in [-0.2, -0.15) is 0 Å². The third-order valence-corrected chi connectivity index (χ3v) is 5.71. The van der Waals surface area contributed by atoms with Crippen LogP contribution in [0.5, 0.6) is 0 Å². The SMILES string of the molecule is CN1CCc2c(S(=O)(=O)Cl)cn(SI)c2C1=O. The lowest BCUT2D eigenvalue weighted by Crippen LogP contribution is -2.35. The van der Waals surface area contributed by atoms with E-state index in [1.54, 1.807) is 15.9 Å². The Morgan fingerprint density at radius 2 is 2.18 bits per heavy atom. The third-order valence-electron chi connectivity index (χ3n) is 2.62. The zero-order chi connectivity index (χ0) is 12.8. The average molecular weight is 407 g/mol. The zero-order valence-electron chi connectivity index (χ0n) is 8.68. The second-order valence-electron chi connectivity index (χ2n) is 3.63. The van der Waals surface area contributed by atoms with Crippen molar-refractivity contribution in [3.63, 3.8) is 0 Å². The Morgan fingerprint density at radius 3 is 2.71 bits per heavy atom. The van der Waals surface area contributed by atoms with E-state index in [4.69, 9.17) is 10.7 Å². The van der Waals surface area contributed by atoms with Crippen molar-refractivity contribution in [1.82, 2.24) is 8.87 Å². The number of fused-ring (bicyclic) bond motifs is 1. The van der Waals surface area contributed by atoms with Crippen LogP contribution in [0.25, 0.3) is 0 Å². The van der Waals surface area contributed by atoms with Gasteiger partial charge in [0.15, 0.2) is 0 Å². The van der Waals surface area contributed by atoms with Gasteiger partial charge in [-0.3, -0.25) is 8.77 Å². The fourth-order valence-corrected chi connectivity index (χ4v) is 4.31. The van der Waals surface area contributed by atoms with Crippen LogP contribution in [0, 0.1) is 0 Å². The molecule has 0 spiro atoms. The smallest absolute Gasteiger partial charge is 0.271 e. The minimum absolute atomic E-state index is 0.0415. The summed E-state index contributed by atoms with van der Waals surface area (Å²) in [6, 6.07) is 0. The van der Waals surface area contributed by atoms with Gasteiger partial charge in [0.05, 0.1) is 0 Å². The monoisotopic (exact) mass is 406 g/mol. The largest absolute Gasteiger partial charge is 0.340 e. The van der Waals surface area contributed by atoms with Crippen molar-refractivity contribution in [2.45, 2.75) is 11.3 Å². The topological polar surface area (TPSA) is 59.4 Å². The molecule has 17 heavy (non-hydrogen) atoms. The summed E-state index contributed by atoms with van der Waals surface area (Å²) in [6.07, 6.45) is 1.91. The van der Waals surface area contributed by atoms with Gasteiger partial charge < -0.3 is 4.90 Å². The third kappa shape index (κ3) is 2.32. The summed E-state index contributed by atoms with van der Waals surface area (Å²) >= 11 is 1.99. The number of carbonyl (C=O) groups is 1. The maximum atomic E-state index is 12.0. The molecule has 0 bridgehead atoms. The number of hydrogen-bond donors (Lipinski definition) is 0. The molecule has 9 heteroatoms. The first-order valence-electron chi connectivity index (χ1n) is 4.59. The van der Waals surface area contributed by atoms with Gasteiger partial charge in [0.2, 0.25) is 0 Å². The second-order valence-corrected chi connectivity index (χ2v) is 7.88. The Balaban J connectivity index is 2.70. The van der Waals surface area contributed by atoms with Gasteiger partial charge in [0.1, 0.15) is 10.6 Å². The lowest BCUT2D eigenvalue weighted by molar-refractivity contribution is 0.0774. The second kappa shape index (κ2) is 4.63. The molecule has 0 radical (unpaired) electrons. The number of likely N-dealkylation sites (N-methyl/N-ethyl adjacent to an activating group) is 1. The summed E-state index contributed by atoms with van der Waals surface area (Å²) in [7, 11) is 4.49. The Kier molecular flexibility index (Phi) is 3.68. The van der Waals surface area contributed by atoms with Gasteiger partial charge in [-0.05, 0) is 6.42 Å². The zero-order valence-corrected chi connectivity index (χ0v) is 13.2. The molecular formula is C8H8ClIN2O3S2. The minimum Gasteiger partial charge on any atom is -0.340 e. The van der Waals surface area contributed by atoms with Crippen molar-refractivity contribution in [3.8, 4) is 0 Å². The van der Waals surface area contributed by atoms with Crippen LogP contribution < -0.4 is 0 Å². The van der Waals surface area contributed by atoms with E-state index in [2.05, 4.69) is 0 Å².